The summed E-state index contributed by atoms with van der Waals surface area (Å²) in [6.45, 7) is 7.43. The molecule has 0 fully saturated rings. The molecule has 17 heteroatoms. The molecule has 0 amide bonds. The summed E-state index contributed by atoms with van der Waals surface area (Å²) in [7, 11) is -6.19. The van der Waals surface area contributed by atoms with Crippen LogP contribution in [0, 0.1) is 5.82 Å². The van der Waals surface area contributed by atoms with Gasteiger partial charge in [0.25, 0.3) is 0 Å². The third kappa shape index (κ3) is 7.64. The molecule has 1 N–H and O–H groups in total. The number of benzene rings is 2. The highest BCUT2D eigenvalue weighted by Crippen LogP contribution is 2.40. The normalized spacial score (nSPS) is 13.5. The molecule has 0 saturated heterocycles. The van der Waals surface area contributed by atoms with E-state index in [0.29, 0.717) is 23.2 Å². The Hall–Kier alpha value is -4.06. The summed E-state index contributed by atoms with van der Waals surface area (Å²) in [5.41, 5.74) is 0.316. The number of aliphatic hydroxyl groups excluding tert-OH is 1. The minimum atomic E-state index is -4.58. The van der Waals surface area contributed by atoms with Gasteiger partial charge in [-0.3, -0.25) is 4.57 Å². The van der Waals surface area contributed by atoms with Crippen LogP contribution in [0.25, 0.3) is 17.2 Å². The van der Waals surface area contributed by atoms with E-state index >= 15 is 0 Å². The van der Waals surface area contributed by atoms with Gasteiger partial charge in [0.2, 0.25) is 21.9 Å². The van der Waals surface area contributed by atoms with Crippen molar-refractivity contribution in [3.8, 4) is 34.6 Å². The van der Waals surface area contributed by atoms with Gasteiger partial charge in [0, 0.05) is 32.5 Å². The molecule has 4 aromatic rings. The van der Waals surface area contributed by atoms with Gasteiger partial charge in [-0.05, 0) is 43.3 Å². The van der Waals surface area contributed by atoms with E-state index in [4.69, 9.17) is 14.2 Å². The van der Waals surface area contributed by atoms with Crippen molar-refractivity contribution in [3.05, 3.63) is 66.0 Å². The summed E-state index contributed by atoms with van der Waals surface area (Å²) in [6.07, 6.45) is -1.01. The predicted molar refractivity (Wildman–Crippen MR) is 183 cm³/mol. The van der Waals surface area contributed by atoms with Crippen LogP contribution in [-0.2, 0) is 19.9 Å². The second-order valence-corrected chi connectivity index (χ2v) is 22.1. The van der Waals surface area contributed by atoms with Crippen LogP contribution in [0.1, 0.15) is 18.6 Å². The van der Waals surface area contributed by atoms with Crippen LogP contribution in [-0.4, -0.2) is 89.1 Å². The van der Waals surface area contributed by atoms with Gasteiger partial charge in [-0.25, -0.2) is 30.5 Å². The van der Waals surface area contributed by atoms with Crippen molar-refractivity contribution < 1.29 is 40.5 Å². The van der Waals surface area contributed by atoms with Gasteiger partial charge in [-0.1, -0.05) is 37.8 Å². The Morgan fingerprint density at radius 3 is 2.12 bits per heavy atom. The SMILES string of the molecule is COc1cccc(-c2nnc(N(CC[Si](C)(C)C)S(=O)(=O)C(C)C(O)c3ccc(F)cc3S(C)(=O)=O)n2-c2c(OC)cccc2OC)n1. The molecule has 0 bridgehead atoms. The highest BCUT2D eigenvalue weighted by Gasteiger charge is 2.40. The minimum Gasteiger partial charge on any atom is -0.494 e. The molecule has 2 aromatic carbocycles. The van der Waals surface area contributed by atoms with E-state index < -0.39 is 50.0 Å². The molecule has 2 heterocycles. The number of hydrogen-bond acceptors (Lipinski definition) is 11. The van der Waals surface area contributed by atoms with Gasteiger partial charge in [-0.15, -0.1) is 10.2 Å². The van der Waals surface area contributed by atoms with Crippen LogP contribution in [0.4, 0.5) is 10.3 Å². The van der Waals surface area contributed by atoms with Gasteiger partial charge in [0.15, 0.2) is 15.7 Å². The molecule has 0 aliphatic carbocycles. The first-order valence-corrected chi connectivity index (χ1v) is 21.9. The number of methoxy groups -OCH3 is 3. The molecule has 0 saturated carbocycles. The van der Waals surface area contributed by atoms with E-state index in [1.807, 2.05) is 0 Å². The number of sulfonamides is 1. The number of anilines is 1. The van der Waals surface area contributed by atoms with Crippen molar-refractivity contribution in [1.29, 1.82) is 0 Å². The van der Waals surface area contributed by atoms with Crippen molar-refractivity contribution >= 4 is 33.9 Å². The molecule has 2 atom stereocenters. The quantitative estimate of drug-likeness (QED) is 0.183. The molecule has 260 valence electrons. The van der Waals surface area contributed by atoms with E-state index in [2.05, 4.69) is 34.8 Å². The Bertz CT molecular complexity index is 1980. The number of aliphatic hydroxyl groups is 1. The zero-order valence-corrected chi connectivity index (χ0v) is 30.6. The number of sulfone groups is 1. The molecule has 4 rings (SSSR count). The molecule has 48 heavy (non-hydrogen) atoms. The Balaban J connectivity index is 2.02. The first-order chi connectivity index (χ1) is 22.4. The highest BCUT2D eigenvalue weighted by atomic mass is 32.2. The number of pyridine rings is 1. The maximum absolute atomic E-state index is 14.7. The van der Waals surface area contributed by atoms with Crippen molar-refractivity contribution in [2.45, 2.75) is 48.9 Å². The summed E-state index contributed by atoms with van der Waals surface area (Å²) >= 11 is 0. The van der Waals surface area contributed by atoms with Crippen LogP contribution in [0.2, 0.25) is 25.7 Å². The van der Waals surface area contributed by atoms with Gasteiger partial charge in [-0.2, -0.15) is 0 Å². The van der Waals surface area contributed by atoms with Crippen molar-refractivity contribution in [3.63, 3.8) is 0 Å². The number of para-hydroxylation sites is 1. The van der Waals surface area contributed by atoms with E-state index in [1.54, 1.807) is 36.4 Å². The molecule has 2 unspecified atom stereocenters. The average Bonchev–Trinajstić information content (AvgIpc) is 3.46. The van der Waals surface area contributed by atoms with Crippen molar-refractivity contribution in [2.24, 2.45) is 0 Å². The van der Waals surface area contributed by atoms with E-state index in [-0.39, 0.29) is 35.4 Å². The molecule has 0 spiro atoms. The van der Waals surface area contributed by atoms with Crippen LogP contribution < -0.4 is 18.5 Å². The molecule has 0 aliphatic heterocycles. The fourth-order valence-electron chi connectivity index (χ4n) is 4.98. The third-order valence-electron chi connectivity index (χ3n) is 7.64. The summed E-state index contributed by atoms with van der Waals surface area (Å²) in [4.78, 5) is 3.99. The van der Waals surface area contributed by atoms with E-state index in [1.165, 1.54) is 32.8 Å². The maximum Gasteiger partial charge on any atom is 0.246 e. The second-order valence-electron chi connectivity index (χ2n) is 12.3. The van der Waals surface area contributed by atoms with Gasteiger partial charge >= 0.3 is 0 Å². The number of nitrogens with zero attached hydrogens (tertiary/aromatic N) is 5. The first-order valence-electron chi connectivity index (χ1n) is 14.8. The maximum atomic E-state index is 14.7. The van der Waals surface area contributed by atoms with Crippen molar-refractivity contribution in [2.75, 3.05) is 38.4 Å². The van der Waals surface area contributed by atoms with E-state index in [9.17, 15) is 26.3 Å². The fourth-order valence-corrected chi connectivity index (χ4v) is 8.55. The summed E-state index contributed by atoms with van der Waals surface area (Å²) < 4.78 is 87.9. The molecular formula is C31H40FN5O8S2Si. The monoisotopic (exact) mass is 721 g/mol. The number of aromatic nitrogens is 4. The lowest BCUT2D eigenvalue weighted by Gasteiger charge is -2.31. The number of rotatable bonds is 14. The largest absolute Gasteiger partial charge is 0.494 e. The summed E-state index contributed by atoms with van der Waals surface area (Å²) in [6, 6.07) is 13.3. The summed E-state index contributed by atoms with van der Waals surface area (Å²) in [5, 5.41) is 18.6. The average molecular weight is 722 g/mol. The van der Waals surface area contributed by atoms with Crippen LogP contribution in [0.3, 0.4) is 0 Å². The number of hydrogen-bond donors (Lipinski definition) is 1. The number of ether oxygens (including phenoxy) is 3. The highest BCUT2D eigenvalue weighted by molar-refractivity contribution is 7.93. The lowest BCUT2D eigenvalue weighted by atomic mass is 10.1. The predicted octanol–water partition coefficient (Wildman–Crippen LogP) is 4.49. The fraction of sp³-hybridized carbons (Fsp3) is 0.387. The van der Waals surface area contributed by atoms with Crippen LogP contribution >= 0.6 is 0 Å². The standard InChI is InChI=1S/C31H40FN5O8S2Si/c1-20(29(38)22-16-15-21(32)19-26(22)46(5,39)40)47(41,42)36(17-18-48(6,7)8)31-35-34-30(23-11-9-14-27(33-23)45-4)37(31)28-24(43-2)12-10-13-25(28)44-3/h9-16,19-20,29,38H,17-18H2,1-8H3. The molecule has 13 nitrogen and oxygen atoms in total. The molecule has 0 radical (unpaired) electrons. The lowest BCUT2D eigenvalue weighted by Crippen LogP contribution is -2.44. The lowest BCUT2D eigenvalue weighted by molar-refractivity contribution is 0.172. The van der Waals surface area contributed by atoms with Gasteiger partial charge in [0.05, 0.1) is 32.3 Å². The zero-order valence-electron chi connectivity index (χ0n) is 28.0. The van der Waals surface area contributed by atoms with Crippen molar-refractivity contribution in [1.82, 2.24) is 19.7 Å². The van der Waals surface area contributed by atoms with Crippen LogP contribution in [0.15, 0.2) is 59.5 Å². The topological polar surface area (TPSA) is 163 Å². The molecule has 0 aliphatic rings. The zero-order chi connectivity index (χ0) is 35.6. The van der Waals surface area contributed by atoms with Gasteiger partial charge < -0.3 is 19.3 Å². The van der Waals surface area contributed by atoms with E-state index in [0.717, 1.165) is 28.8 Å². The Labute approximate surface area is 281 Å². The van der Waals surface area contributed by atoms with Gasteiger partial charge in [0.1, 0.15) is 33.9 Å². The molecule has 2 aromatic heterocycles. The van der Waals surface area contributed by atoms with Crippen LogP contribution in [0.5, 0.6) is 17.4 Å². The Morgan fingerprint density at radius 1 is 0.938 bits per heavy atom. The first kappa shape index (κ1) is 36.8. The number of halogens is 1. The Morgan fingerprint density at radius 2 is 1.56 bits per heavy atom. The Kier molecular flexibility index (Phi) is 10.9. The molecular weight excluding hydrogens is 682 g/mol. The minimum absolute atomic E-state index is 0.0569. The second kappa shape index (κ2) is 14.2. The summed E-state index contributed by atoms with van der Waals surface area (Å²) in [5.74, 6) is 0.00874. The smallest absolute Gasteiger partial charge is 0.246 e. The third-order valence-corrected chi connectivity index (χ3v) is 12.7.